The lowest BCUT2D eigenvalue weighted by molar-refractivity contribution is -0.160. The molecule has 6 heteroatoms. The Morgan fingerprint density at radius 3 is 2.45 bits per heavy atom. The molecule has 0 atom stereocenters. The van der Waals surface area contributed by atoms with E-state index < -0.39 is 5.60 Å². The fraction of sp³-hybridized carbons (Fsp3) is 0.562. The predicted molar refractivity (Wildman–Crippen MR) is 81.1 cm³/mol. The molecule has 0 radical (unpaired) electrons. The second kappa shape index (κ2) is 9.27. The first kappa shape index (κ1) is 18.3. The average molecular weight is 312 g/mol. The molecular formula is C16H24O6. The zero-order valence-corrected chi connectivity index (χ0v) is 13.3. The van der Waals surface area contributed by atoms with Gasteiger partial charge in [-0.1, -0.05) is 6.07 Å². The number of rotatable bonds is 9. The van der Waals surface area contributed by atoms with E-state index in [2.05, 4.69) is 0 Å². The van der Waals surface area contributed by atoms with Crippen molar-refractivity contribution in [3.8, 4) is 11.5 Å². The van der Waals surface area contributed by atoms with Crippen molar-refractivity contribution in [3.63, 3.8) is 0 Å². The molecular weight excluding hydrogens is 288 g/mol. The minimum Gasteiger partial charge on any atom is -0.508 e. The van der Waals surface area contributed by atoms with Crippen molar-refractivity contribution < 1.29 is 28.8 Å². The molecule has 0 fully saturated rings. The largest absolute Gasteiger partial charge is 0.508 e. The molecule has 0 bridgehead atoms. The van der Waals surface area contributed by atoms with Crippen LogP contribution in [0.2, 0.25) is 0 Å². The lowest BCUT2D eigenvalue weighted by atomic mass is 10.2. The fourth-order valence-corrected chi connectivity index (χ4v) is 1.54. The molecule has 22 heavy (non-hydrogen) atoms. The van der Waals surface area contributed by atoms with E-state index in [1.807, 2.05) is 0 Å². The highest BCUT2D eigenvalue weighted by Gasteiger charge is 2.15. The Labute approximate surface area is 130 Å². The summed E-state index contributed by atoms with van der Waals surface area (Å²) in [5, 5.41) is 9.26. The third kappa shape index (κ3) is 9.20. The molecule has 0 aliphatic carbocycles. The first-order valence-electron chi connectivity index (χ1n) is 7.16. The van der Waals surface area contributed by atoms with Crippen LogP contribution in [0, 0.1) is 0 Å². The molecule has 1 N–H and O–H groups in total. The Bertz CT molecular complexity index is 452. The Hall–Kier alpha value is -1.79. The maximum atomic E-state index is 11.3. The summed E-state index contributed by atoms with van der Waals surface area (Å²) in [4.78, 5) is 11.3. The van der Waals surface area contributed by atoms with E-state index in [0.717, 1.165) is 0 Å². The van der Waals surface area contributed by atoms with Gasteiger partial charge in [-0.15, -0.1) is 0 Å². The lowest BCUT2D eigenvalue weighted by Crippen LogP contribution is -2.27. The number of carbonyl (C=O) groups is 1. The number of hydrogen-bond acceptors (Lipinski definition) is 6. The third-order valence-electron chi connectivity index (χ3n) is 2.33. The predicted octanol–water partition coefficient (Wildman–Crippen LogP) is 2.15. The van der Waals surface area contributed by atoms with Crippen molar-refractivity contribution in [1.29, 1.82) is 0 Å². The molecule has 124 valence electrons. The molecule has 0 aliphatic rings. The lowest BCUT2D eigenvalue weighted by Gasteiger charge is -2.19. The highest BCUT2D eigenvalue weighted by Crippen LogP contribution is 2.17. The van der Waals surface area contributed by atoms with Crippen molar-refractivity contribution in [2.45, 2.75) is 26.4 Å². The molecule has 0 saturated carbocycles. The molecule has 0 amide bonds. The standard InChI is InChI=1S/C16H24O6/c1-16(2,3)22-15(18)12-20-8-7-19-9-10-21-14-6-4-5-13(17)11-14/h4-6,11,17H,7-10,12H2,1-3H3. The Balaban J connectivity index is 1.97. The number of aromatic hydroxyl groups is 1. The summed E-state index contributed by atoms with van der Waals surface area (Å²) in [6, 6.07) is 6.56. The number of phenols is 1. The van der Waals surface area contributed by atoms with Gasteiger partial charge >= 0.3 is 5.97 Å². The highest BCUT2D eigenvalue weighted by atomic mass is 16.6. The normalized spacial score (nSPS) is 11.2. The number of esters is 1. The van der Waals surface area contributed by atoms with Crippen LogP contribution in [0.25, 0.3) is 0 Å². The number of benzene rings is 1. The van der Waals surface area contributed by atoms with Crippen molar-refractivity contribution in [3.05, 3.63) is 24.3 Å². The summed E-state index contributed by atoms with van der Waals surface area (Å²) in [5.74, 6) is 0.360. The summed E-state index contributed by atoms with van der Waals surface area (Å²) in [6.07, 6.45) is 0. The van der Waals surface area contributed by atoms with E-state index in [9.17, 15) is 9.90 Å². The van der Waals surface area contributed by atoms with Crippen LogP contribution in [-0.2, 0) is 19.0 Å². The summed E-state index contributed by atoms with van der Waals surface area (Å²) in [5.41, 5.74) is -0.500. The summed E-state index contributed by atoms with van der Waals surface area (Å²) in [6.45, 7) is 6.78. The zero-order valence-electron chi connectivity index (χ0n) is 13.3. The molecule has 1 aromatic rings. The van der Waals surface area contributed by atoms with Gasteiger partial charge in [0.2, 0.25) is 0 Å². The minimum absolute atomic E-state index is 0.0829. The van der Waals surface area contributed by atoms with Crippen LogP contribution in [0.1, 0.15) is 20.8 Å². The molecule has 0 aliphatic heterocycles. The van der Waals surface area contributed by atoms with Gasteiger partial charge < -0.3 is 24.1 Å². The average Bonchev–Trinajstić information content (AvgIpc) is 2.40. The Morgan fingerprint density at radius 2 is 1.77 bits per heavy atom. The first-order chi connectivity index (χ1) is 10.4. The van der Waals surface area contributed by atoms with Crippen LogP contribution in [0.15, 0.2) is 24.3 Å². The molecule has 6 nitrogen and oxygen atoms in total. The minimum atomic E-state index is -0.500. The van der Waals surface area contributed by atoms with Crippen molar-refractivity contribution in [2.75, 3.05) is 33.0 Å². The van der Waals surface area contributed by atoms with Crippen molar-refractivity contribution >= 4 is 5.97 Å². The molecule has 0 spiro atoms. The van der Waals surface area contributed by atoms with Crippen LogP contribution in [0.4, 0.5) is 0 Å². The van der Waals surface area contributed by atoms with Crippen LogP contribution < -0.4 is 4.74 Å². The van der Waals surface area contributed by atoms with Gasteiger partial charge in [0.15, 0.2) is 0 Å². The number of carbonyl (C=O) groups excluding carboxylic acids is 1. The maximum Gasteiger partial charge on any atom is 0.332 e. The monoisotopic (exact) mass is 312 g/mol. The van der Waals surface area contributed by atoms with E-state index in [1.54, 1.807) is 39.0 Å². The fourth-order valence-electron chi connectivity index (χ4n) is 1.54. The molecule has 1 aromatic carbocycles. The van der Waals surface area contributed by atoms with Crippen LogP contribution in [0.5, 0.6) is 11.5 Å². The molecule has 0 aromatic heterocycles. The van der Waals surface area contributed by atoms with Crippen LogP contribution >= 0.6 is 0 Å². The van der Waals surface area contributed by atoms with E-state index in [0.29, 0.717) is 32.2 Å². The SMILES string of the molecule is CC(C)(C)OC(=O)COCCOCCOc1cccc(O)c1. The number of hydrogen-bond donors (Lipinski definition) is 1. The zero-order chi connectivity index (χ0) is 16.4. The van der Waals surface area contributed by atoms with Crippen molar-refractivity contribution in [1.82, 2.24) is 0 Å². The summed E-state index contributed by atoms with van der Waals surface area (Å²) >= 11 is 0. The van der Waals surface area contributed by atoms with E-state index in [-0.39, 0.29) is 18.3 Å². The second-order valence-corrected chi connectivity index (χ2v) is 5.60. The van der Waals surface area contributed by atoms with E-state index >= 15 is 0 Å². The number of ether oxygens (including phenoxy) is 4. The number of phenolic OH excluding ortho intramolecular Hbond substituents is 1. The molecule has 1 rings (SSSR count). The topological polar surface area (TPSA) is 74.2 Å². The van der Waals surface area contributed by atoms with Crippen LogP contribution in [0.3, 0.4) is 0 Å². The molecule has 0 heterocycles. The van der Waals surface area contributed by atoms with E-state index in [4.69, 9.17) is 18.9 Å². The highest BCUT2D eigenvalue weighted by molar-refractivity contribution is 5.71. The maximum absolute atomic E-state index is 11.3. The second-order valence-electron chi connectivity index (χ2n) is 5.60. The van der Waals surface area contributed by atoms with Gasteiger partial charge in [-0.2, -0.15) is 0 Å². The third-order valence-corrected chi connectivity index (χ3v) is 2.33. The summed E-state index contributed by atoms with van der Waals surface area (Å²) in [7, 11) is 0. The molecule has 0 saturated heterocycles. The molecule has 0 unspecified atom stereocenters. The van der Waals surface area contributed by atoms with Gasteiger partial charge in [0.1, 0.15) is 30.3 Å². The van der Waals surface area contributed by atoms with E-state index in [1.165, 1.54) is 6.07 Å². The van der Waals surface area contributed by atoms with Gasteiger partial charge in [0.25, 0.3) is 0 Å². The summed E-state index contributed by atoms with van der Waals surface area (Å²) < 4.78 is 20.9. The Kier molecular flexibility index (Phi) is 7.70. The van der Waals surface area contributed by atoms with Gasteiger partial charge in [0.05, 0.1) is 19.8 Å². The van der Waals surface area contributed by atoms with Crippen LogP contribution in [-0.4, -0.2) is 49.7 Å². The van der Waals surface area contributed by atoms with Gasteiger partial charge in [0, 0.05) is 6.07 Å². The van der Waals surface area contributed by atoms with Crippen molar-refractivity contribution in [2.24, 2.45) is 0 Å². The van der Waals surface area contributed by atoms with Gasteiger partial charge in [-0.3, -0.25) is 0 Å². The Morgan fingerprint density at radius 1 is 1.09 bits per heavy atom. The first-order valence-corrected chi connectivity index (χ1v) is 7.16. The van der Waals surface area contributed by atoms with Gasteiger partial charge in [-0.25, -0.2) is 4.79 Å². The quantitative estimate of drug-likeness (QED) is 0.556. The van der Waals surface area contributed by atoms with Gasteiger partial charge in [-0.05, 0) is 32.9 Å². The smallest absolute Gasteiger partial charge is 0.332 e.